The maximum absolute atomic E-state index is 13.8. The zero-order valence-electron chi connectivity index (χ0n) is 11.5. The quantitative estimate of drug-likeness (QED) is 0.884. The van der Waals surface area contributed by atoms with Crippen molar-refractivity contribution in [2.75, 3.05) is 7.05 Å². The molecule has 6 heteroatoms. The fourth-order valence-electron chi connectivity index (χ4n) is 1.96. The third-order valence-corrected chi connectivity index (χ3v) is 2.94. The predicted molar refractivity (Wildman–Crippen MR) is 71.4 cm³/mol. The number of rotatable bonds is 6. The molecule has 0 atom stereocenters. The summed E-state index contributed by atoms with van der Waals surface area (Å²) in [5, 5.41) is 2.84. The SMILES string of the molecule is CCn1cncc1COc1c(F)cc(CNC)cc1F. The number of hydrogen-bond acceptors (Lipinski definition) is 3. The van der Waals surface area contributed by atoms with Gasteiger partial charge in [0.1, 0.15) is 6.61 Å². The Bertz CT molecular complexity index is 561. The molecule has 0 amide bonds. The summed E-state index contributed by atoms with van der Waals surface area (Å²) < 4.78 is 34.8. The van der Waals surface area contributed by atoms with Gasteiger partial charge in [-0.2, -0.15) is 0 Å². The van der Waals surface area contributed by atoms with Crippen molar-refractivity contribution in [3.05, 3.63) is 47.5 Å². The van der Waals surface area contributed by atoms with Gasteiger partial charge in [-0.25, -0.2) is 13.8 Å². The van der Waals surface area contributed by atoms with E-state index in [-0.39, 0.29) is 12.4 Å². The summed E-state index contributed by atoms with van der Waals surface area (Å²) >= 11 is 0. The van der Waals surface area contributed by atoms with E-state index in [4.69, 9.17) is 4.74 Å². The Kier molecular flexibility index (Phi) is 4.68. The molecular formula is C14H17F2N3O. The van der Waals surface area contributed by atoms with E-state index in [1.165, 1.54) is 12.1 Å². The van der Waals surface area contributed by atoms with E-state index in [0.29, 0.717) is 12.1 Å². The molecule has 0 saturated carbocycles. The number of halogens is 2. The fraction of sp³-hybridized carbons (Fsp3) is 0.357. The third kappa shape index (κ3) is 3.14. The number of imidazole rings is 1. The number of nitrogens with zero attached hydrogens (tertiary/aromatic N) is 2. The normalized spacial score (nSPS) is 10.8. The van der Waals surface area contributed by atoms with Crippen LogP contribution in [-0.4, -0.2) is 16.6 Å². The number of hydrogen-bond donors (Lipinski definition) is 1. The molecule has 2 rings (SSSR count). The molecule has 1 N–H and O–H groups in total. The fourth-order valence-corrected chi connectivity index (χ4v) is 1.96. The summed E-state index contributed by atoms with van der Waals surface area (Å²) in [5.41, 5.74) is 1.30. The first kappa shape index (κ1) is 14.5. The molecule has 0 bridgehead atoms. The van der Waals surface area contributed by atoms with Gasteiger partial charge in [0.25, 0.3) is 0 Å². The lowest BCUT2D eigenvalue weighted by Crippen LogP contribution is -2.08. The Morgan fingerprint density at radius 3 is 2.60 bits per heavy atom. The van der Waals surface area contributed by atoms with Gasteiger partial charge >= 0.3 is 0 Å². The van der Waals surface area contributed by atoms with Crippen LogP contribution in [0.15, 0.2) is 24.7 Å². The monoisotopic (exact) mass is 281 g/mol. The maximum Gasteiger partial charge on any atom is 0.191 e. The first-order chi connectivity index (χ1) is 9.65. The van der Waals surface area contributed by atoms with Crippen LogP contribution in [0, 0.1) is 11.6 Å². The molecule has 1 heterocycles. The van der Waals surface area contributed by atoms with E-state index in [1.54, 1.807) is 19.6 Å². The largest absolute Gasteiger partial charge is 0.481 e. The van der Waals surface area contributed by atoms with E-state index in [0.717, 1.165) is 12.2 Å². The molecule has 0 aliphatic carbocycles. The van der Waals surface area contributed by atoms with Crippen molar-refractivity contribution in [1.29, 1.82) is 0 Å². The Labute approximate surface area is 116 Å². The van der Waals surface area contributed by atoms with Crippen LogP contribution in [0.3, 0.4) is 0 Å². The van der Waals surface area contributed by atoms with Gasteiger partial charge in [0.15, 0.2) is 17.4 Å². The van der Waals surface area contributed by atoms with E-state index < -0.39 is 11.6 Å². The minimum absolute atomic E-state index is 0.0764. The van der Waals surface area contributed by atoms with Gasteiger partial charge in [-0.05, 0) is 31.7 Å². The minimum atomic E-state index is -0.696. The molecule has 1 aromatic heterocycles. The summed E-state index contributed by atoms with van der Waals surface area (Å²) in [6, 6.07) is 2.54. The second-order valence-corrected chi connectivity index (χ2v) is 4.38. The number of ether oxygens (including phenoxy) is 1. The highest BCUT2D eigenvalue weighted by atomic mass is 19.1. The first-order valence-electron chi connectivity index (χ1n) is 6.40. The standard InChI is InChI=1S/C14H17F2N3O/c1-3-19-9-18-7-11(19)8-20-14-12(15)4-10(6-17-2)5-13(14)16/h4-5,7,9,17H,3,6,8H2,1-2H3. The maximum atomic E-state index is 13.8. The van der Waals surface area contributed by atoms with E-state index in [9.17, 15) is 8.78 Å². The summed E-state index contributed by atoms with van der Waals surface area (Å²) in [4.78, 5) is 3.98. The van der Waals surface area contributed by atoms with E-state index in [2.05, 4.69) is 10.3 Å². The van der Waals surface area contributed by atoms with Crippen molar-refractivity contribution < 1.29 is 13.5 Å². The van der Waals surface area contributed by atoms with Crippen molar-refractivity contribution in [1.82, 2.24) is 14.9 Å². The van der Waals surface area contributed by atoms with Crippen LogP contribution in [0.1, 0.15) is 18.2 Å². The van der Waals surface area contributed by atoms with Crippen molar-refractivity contribution in [2.24, 2.45) is 0 Å². The van der Waals surface area contributed by atoms with Crippen LogP contribution in [-0.2, 0) is 19.7 Å². The molecule has 0 fully saturated rings. The van der Waals surface area contributed by atoms with Gasteiger partial charge in [-0.1, -0.05) is 0 Å². The molecule has 4 nitrogen and oxygen atoms in total. The van der Waals surface area contributed by atoms with E-state index >= 15 is 0 Å². The Morgan fingerprint density at radius 1 is 1.30 bits per heavy atom. The molecule has 2 aromatic rings. The molecule has 0 radical (unpaired) electrons. The second-order valence-electron chi connectivity index (χ2n) is 4.38. The molecule has 0 saturated heterocycles. The van der Waals surface area contributed by atoms with Gasteiger partial charge in [-0.15, -0.1) is 0 Å². The molecule has 0 aliphatic heterocycles. The molecule has 0 aliphatic rings. The lowest BCUT2D eigenvalue weighted by molar-refractivity contribution is 0.265. The van der Waals surface area contributed by atoms with Crippen LogP contribution >= 0.6 is 0 Å². The number of nitrogens with one attached hydrogen (secondary N) is 1. The van der Waals surface area contributed by atoms with Gasteiger partial charge in [-0.3, -0.25) is 0 Å². The van der Waals surface area contributed by atoms with Gasteiger partial charge in [0.05, 0.1) is 18.2 Å². The summed E-state index contributed by atoms with van der Waals surface area (Å²) in [6.07, 6.45) is 3.27. The van der Waals surface area contributed by atoms with Gasteiger partial charge in [0, 0.05) is 13.1 Å². The van der Waals surface area contributed by atoms with Crippen molar-refractivity contribution >= 4 is 0 Å². The number of benzene rings is 1. The van der Waals surface area contributed by atoms with Gasteiger partial charge in [0.2, 0.25) is 0 Å². The van der Waals surface area contributed by atoms with E-state index in [1.807, 2.05) is 11.5 Å². The lowest BCUT2D eigenvalue weighted by atomic mass is 10.2. The highest BCUT2D eigenvalue weighted by Gasteiger charge is 2.13. The Morgan fingerprint density at radius 2 is 2.00 bits per heavy atom. The predicted octanol–water partition coefficient (Wildman–Crippen LogP) is 2.48. The van der Waals surface area contributed by atoms with Gasteiger partial charge < -0.3 is 14.6 Å². The average Bonchev–Trinajstić information content (AvgIpc) is 2.85. The zero-order valence-corrected chi connectivity index (χ0v) is 11.5. The summed E-state index contributed by atoms with van der Waals surface area (Å²) in [7, 11) is 1.71. The highest BCUT2D eigenvalue weighted by molar-refractivity contribution is 5.31. The van der Waals surface area contributed by atoms with Crippen molar-refractivity contribution in [2.45, 2.75) is 26.6 Å². The number of aromatic nitrogens is 2. The average molecular weight is 281 g/mol. The van der Waals surface area contributed by atoms with Crippen molar-refractivity contribution in [3.8, 4) is 5.75 Å². The number of aryl methyl sites for hydroxylation is 1. The van der Waals surface area contributed by atoms with Crippen LogP contribution < -0.4 is 10.1 Å². The first-order valence-corrected chi connectivity index (χ1v) is 6.40. The Balaban J connectivity index is 2.13. The summed E-state index contributed by atoms with van der Waals surface area (Å²) in [5.74, 6) is -1.75. The minimum Gasteiger partial charge on any atom is -0.481 e. The van der Waals surface area contributed by atoms with Crippen LogP contribution in [0.4, 0.5) is 8.78 Å². The smallest absolute Gasteiger partial charge is 0.191 e. The lowest BCUT2D eigenvalue weighted by Gasteiger charge is -2.11. The molecular weight excluding hydrogens is 264 g/mol. The zero-order chi connectivity index (χ0) is 14.5. The van der Waals surface area contributed by atoms with Crippen LogP contribution in [0.5, 0.6) is 5.75 Å². The van der Waals surface area contributed by atoms with Crippen LogP contribution in [0.25, 0.3) is 0 Å². The van der Waals surface area contributed by atoms with Crippen LogP contribution in [0.2, 0.25) is 0 Å². The molecule has 0 unspecified atom stereocenters. The molecule has 0 spiro atoms. The summed E-state index contributed by atoms with van der Waals surface area (Å²) in [6.45, 7) is 3.16. The topological polar surface area (TPSA) is 39.1 Å². The third-order valence-electron chi connectivity index (χ3n) is 2.94. The van der Waals surface area contributed by atoms with Crippen molar-refractivity contribution in [3.63, 3.8) is 0 Å². The Hall–Kier alpha value is -1.95. The highest BCUT2D eigenvalue weighted by Crippen LogP contribution is 2.24. The molecule has 20 heavy (non-hydrogen) atoms. The molecule has 108 valence electrons. The second kappa shape index (κ2) is 6.47. The molecule has 1 aromatic carbocycles.